The molecule has 0 saturated heterocycles. The van der Waals surface area contributed by atoms with Gasteiger partial charge in [-0.3, -0.25) is 9.78 Å². The Morgan fingerprint density at radius 3 is 3.07 bits per heavy atom. The molecule has 0 aliphatic heterocycles. The molecule has 0 fully saturated rings. The van der Waals surface area contributed by atoms with Gasteiger partial charge in [-0.2, -0.15) is 0 Å². The summed E-state index contributed by atoms with van der Waals surface area (Å²) in [7, 11) is 0. The van der Waals surface area contributed by atoms with E-state index in [0.717, 1.165) is 6.07 Å². The van der Waals surface area contributed by atoms with Gasteiger partial charge < -0.3 is 9.84 Å². The second-order valence-corrected chi connectivity index (χ2v) is 2.57. The molecular formula is C9H10FNO3. The largest absolute Gasteiger partial charge is 0.504 e. The van der Waals surface area contributed by atoms with Gasteiger partial charge in [-0.15, -0.1) is 0 Å². The predicted molar refractivity (Wildman–Crippen MR) is 46.2 cm³/mol. The summed E-state index contributed by atoms with van der Waals surface area (Å²) in [6.07, 6.45) is 0.959. The van der Waals surface area contributed by atoms with Gasteiger partial charge in [0.2, 0.25) is 0 Å². The van der Waals surface area contributed by atoms with E-state index in [1.807, 2.05) is 0 Å². The summed E-state index contributed by atoms with van der Waals surface area (Å²) in [5.41, 5.74) is -0.0107. The molecule has 0 atom stereocenters. The number of ether oxygens (including phenoxy) is 1. The highest BCUT2D eigenvalue weighted by molar-refractivity contribution is 5.72. The van der Waals surface area contributed by atoms with Gasteiger partial charge in [0.15, 0.2) is 11.6 Å². The van der Waals surface area contributed by atoms with Crippen molar-refractivity contribution in [3.63, 3.8) is 0 Å². The molecule has 76 valence electrons. The Hall–Kier alpha value is -1.65. The zero-order valence-electron chi connectivity index (χ0n) is 7.66. The highest BCUT2D eigenvalue weighted by atomic mass is 19.1. The van der Waals surface area contributed by atoms with Crippen molar-refractivity contribution in [3.8, 4) is 5.75 Å². The number of esters is 1. The minimum absolute atomic E-state index is 0.0107. The van der Waals surface area contributed by atoms with E-state index in [1.54, 1.807) is 6.92 Å². The Kier molecular flexibility index (Phi) is 3.39. The van der Waals surface area contributed by atoms with Crippen LogP contribution in [0.5, 0.6) is 5.75 Å². The predicted octanol–water partition coefficient (Wildman–Crippen LogP) is 1.03. The van der Waals surface area contributed by atoms with Gasteiger partial charge in [0, 0.05) is 6.20 Å². The molecular weight excluding hydrogens is 189 g/mol. The smallest absolute Gasteiger partial charge is 0.312 e. The monoisotopic (exact) mass is 199 g/mol. The van der Waals surface area contributed by atoms with Crippen molar-refractivity contribution in [2.75, 3.05) is 6.61 Å². The molecule has 5 heteroatoms. The fourth-order valence-corrected chi connectivity index (χ4v) is 0.949. The number of nitrogens with zero attached hydrogens (tertiary/aromatic N) is 1. The standard InChI is InChI=1S/C9H10FNO3/c1-2-14-8(12)5-7-9(13)6(10)3-4-11-7/h3-4,13H,2,5H2,1H3. The maximum absolute atomic E-state index is 12.8. The van der Waals surface area contributed by atoms with E-state index in [9.17, 15) is 9.18 Å². The Morgan fingerprint density at radius 1 is 1.71 bits per heavy atom. The number of aromatic nitrogens is 1. The van der Waals surface area contributed by atoms with E-state index < -0.39 is 17.5 Å². The first kappa shape index (κ1) is 10.4. The van der Waals surface area contributed by atoms with Crippen molar-refractivity contribution in [2.45, 2.75) is 13.3 Å². The van der Waals surface area contributed by atoms with Gasteiger partial charge in [0.25, 0.3) is 0 Å². The summed E-state index contributed by atoms with van der Waals surface area (Å²) in [5.74, 6) is -1.93. The molecule has 0 spiro atoms. The van der Waals surface area contributed by atoms with Crippen LogP contribution >= 0.6 is 0 Å². The van der Waals surface area contributed by atoms with E-state index in [4.69, 9.17) is 5.11 Å². The number of halogens is 1. The maximum Gasteiger partial charge on any atom is 0.312 e. The molecule has 0 bridgehead atoms. The highest BCUT2D eigenvalue weighted by Gasteiger charge is 2.12. The first-order valence-electron chi connectivity index (χ1n) is 4.13. The number of rotatable bonds is 3. The Bertz CT molecular complexity index is 341. The number of hydrogen-bond donors (Lipinski definition) is 1. The lowest BCUT2D eigenvalue weighted by Crippen LogP contribution is -2.09. The van der Waals surface area contributed by atoms with Crippen LogP contribution in [0.3, 0.4) is 0 Å². The molecule has 0 radical (unpaired) electrons. The molecule has 1 N–H and O–H groups in total. The number of carbonyl (C=O) groups is 1. The number of hydrogen-bond acceptors (Lipinski definition) is 4. The Labute approximate surface area is 80.3 Å². The lowest BCUT2D eigenvalue weighted by Gasteiger charge is -2.03. The van der Waals surface area contributed by atoms with Crippen LogP contribution in [0.1, 0.15) is 12.6 Å². The lowest BCUT2D eigenvalue weighted by molar-refractivity contribution is -0.142. The van der Waals surface area contributed by atoms with E-state index in [-0.39, 0.29) is 18.7 Å². The third kappa shape index (κ3) is 2.42. The topological polar surface area (TPSA) is 59.4 Å². The third-order valence-electron chi connectivity index (χ3n) is 1.57. The van der Waals surface area contributed by atoms with E-state index >= 15 is 0 Å². The molecule has 0 aliphatic rings. The van der Waals surface area contributed by atoms with Gasteiger partial charge in [-0.1, -0.05) is 0 Å². The van der Waals surface area contributed by atoms with Crippen molar-refractivity contribution < 1.29 is 19.0 Å². The van der Waals surface area contributed by atoms with Gasteiger partial charge >= 0.3 is 5.97 Å². The zero-order chi connectivity index (χ0) is 10.6. The zero-order valence-corrected chi connectivity index (χ0v) is 7.66. The van der Waals surface area contributed by atoms with Gasteiger partial charge in [-0.05, 0) is 13.0 Å². The fraction of sp³-hybridized carbons (Fsp3) is 0.333. The summed E-state index contributed by atoms with van der Waals surface area (Å²) in [4.78, 5) is 14.7. The van der Waals surface area contributed by atoms with Crippen LogP contribution in [0.15, 0.2) is 12.3 Å². The first-order valence-corrected chi connectivity index (χ1v) is 4.13. The van der Waals surface area contributed by atoms with Crippen molar-refractivity contribution in [3.05, 3.63) is 23.8 Å². The normalized spacial score (nSPS) is 9.86. The van der Waals surface area contributed by atoms with E-state index in [2.05, 4.69) is 9.72 Å². The molecule has 1 aromatic heterocycles. The van der Waals surface area contributed by atoms with Crippen LogP contribution in [0.4, 0.5) is 4.39 Å². The summed E-state index contributed by atoms with van der Waals surface area (Å²) in [6.45, 7) is 1.91. The SMILES string of the molecule is CCOC(=O)Cc1nccc(F)c1O. The van der Waals surface area contributed by atoms with E-state index in [0.29, 0.717) is 0 Å². The average Bonchev–Trinajstić information content (AvgIpc) is 2.13. The minimum Gasteiger partial charge on any atom is -0.504 e. The third-order valence-corrected chi connectivity index (χ3v) is 1.57. The molecule has 0 amide bonds. The summed E-state index contributed by atoms with van der Waals surface area (Å²) in [5, 5.41) is 9.17. The molecule has 1 aromatic rings. The fourth-order valence-electron chi connectivity index (χ4n) is 0.949. The first-order chi connectivity index (χ1) is 6.65. The van der Waals surface area contributed by atoms with Crippen LogP contribution in [-0.4, -0.2) is 22.7 Å². The van der Waals surface area contributed by atoms with Crippen molar-refractivity contribution in [1.82, 2.24) is 4.98 Å². The van der Waals surface area contributed by atoms with Gasteiger partial charge in [0.05, 0.1) is 18.7 Å². The molecule has 1 heterocycles. The summed E-state index contributed by atoms with van der Waals surface area (Å²) >= 11 is 0. The average molecular weight is 199 g/mol. The van der Waals surface area contributed by atoms with Crippen molar-refractivity contribution in [1.29, 1.82) is 0 Å². The molecule has 0 aromatic carbocycles. The molecule has 0 aliphatic carbocycles. The molecule has 1 rings (SSSR count). The van der Waals surface area contributed by atoms with Crippen LogP contribution in [0.25, 0.3) is 0 Å². The van der Waals surface area contributed by atoms with Crippen molar-refractivity contribution in [2.24, 2.45) is 0 Å². The minimum atomic E-state index is -0.792. The van der Waals surface area contributed by atoms with Crippen LogP contribution in [0, 0.1) is 5.82 Å². The van der Waals surface area contributed by atoms with Gasteiger partial charge in [-0.25, -0.2) is 4.39 Å². The molecule has 0 saturated carbocycles. The molecule has 0 unspecified atom stereocenters. The summed E-state index contributed by atoms with van der Waals surface area (Å²) in [6, 6.07) is 1.02. The van der Waals surface area contributed by atoms with Gasteiger partial charge in [0.1, 0.15) is 0 Å². The van der Waals surface area contributed by atoms with Crippen molar-refractivity contribution >= 4 is 5.97 Å². The number of aromatic hydroxyl groups is 1. The van der Waals surface area contributed by atoms with Crippen LogP contribution in [-0.2, 0) is 16.0 Å². The Balaban J connectivity index is 2.76. The molecule has 4 nitrogen and oxygen atoms in total. The summed E-state index contributed by atoms with van der Waals surface area (Å²) < 4.78 is 17.4. The second kappa shape index (κ2) is 4.55. The van der Waals surface area contributed by atoms with Crippen LogP contribution in [0.2, 0.25) is 0 Å². The maximum atomic E-state index is 12.8. The highest BCUT2D eigenvalue weighted by Crippen LogP contribution is 2.18. The Morgan fingerprint density at radius 2 is 2.43 bits per heavy atom. The second-order valence-electron chi connectivity index (χ2n) is 2.57. The number of pyridine rings is 1. The van der Waals surface area contributed by atoms with Crippen LogP contribution < -0.4 is 0 Å². The quantitative estimate of drug-likeness (QED) is 0.738. The number of carbonyl (C=O) groups excluding carboxylic acids is 1. The molecule has 14 heavy (non-hydrogen) atoms. The lowest BCUT2D eigenvalue weighted by atomic mass is 10.2. The van der Waals surface area contributed by atoms with E-state index in [1.165, 1.54) is 6.20 Å².